The Kier molecular flexibility index (Phi) is 2.45. The molecule has 0 radical (unpaired) electrons. The quantitative estimate of drug-likeness (QED) is 0.773. The van der Waals surface area contributed by atoms with Gasteiger partial charge in [-0.1, -0.05) is 24.3 Å². The Balaban J connectivity index is 1.72. The van der Waals surface area contributed by atoms with Gasteiger partial charge in [0.15, 0.2) is 11.5 Å². The molecule has 20 heavy (non-hydrogen) atoms. The van der Waals surface area contributed by atoms with Gasteiger partial charge in [-0.3, -0.25) is 0 Å². The molecule has 2 aromatic heterocycles. The summed E-state index contributed by atoms with van der Waals surface area (Å²) in [4.78, 5) is 13.0. The Bertz CT molecular complexity index is 777. The van der Waals surface area contributed by atoms with Crippen molar-refractivity contribution in [1.29, 1.82) is 0 Å². The zero-order valence-electron chi connectivity index (χ0n) is 11.2. The predicted molar refractivity (Wildman–Crippen MR) is 77.4 cm³/mol. The molecule has 100 valence electrons. The molecule has 0 saturated heterocycles. The first-order chi connectivity index (χ1) is 9.83. The number of nitrogens with one attached hydrogen (secondary N) is 1. The number of hydrogen-bond donors (Lipinski definition) is 1. The van der Waals surface area contributed by atoms with Crippen molar-refractivity contribution < 1.29 is 0 Å². The van der Waals surface area contributed by atoms with Gasteiger partial charge in [0.05, 0.1) is 12.4 Å². The second kappa shape index (κ2) is 4.30. The lowest BCUT2D eigenvalue weighted by Gasteiger charge is -2.14. The number of imidazole rings is 1. The molecule has 0 saturated carbocycles. The largest absolute Gasteiger partial charge is 0.361 e. The van der Waals surface area contributed by atoms with Crippen LogP contribution >= 0.6 is 0 Å². The minimum absolute atomic E-state index is 0.311. The van der Waals surface area contributed by atoms with Gasteiger partial charge >= 0.3 is 0 Å². The molecule has 3 aromatic rings. The van der Waals surface area contributed by atoms with Gasteiger partial charge in [0.25, 0.3) is 0 Å². The summed E-state index contributed by atoms with van der Waals surface area (Å²) >= 11 is 0. The molecule has 2 heterocycles. The van der Waals surface area contributed by atoms with Crippen LogP contribution in [0.2, 0.25) is 0 Å². The van der Waals surface area contributed by atoms with Crippen molar-refractivity contribution in [2.24, 2.45) is 7.05 Å². The number of aromatic nitrogens is 4. The second-order valence-electron chi connectivity index (χ2n) is 5.18. The van der Waals surface area contributed by atoms with Crippen molar-refractivity contribution in [2.45, 2.75) is 18.9 Å². The zero-order chi connectivity index (χ0) is 13.5. The van der Waals surface area contributed by atoms with Gasteiger partial charge in [-0.25, -0.2) is 15.0 Å². The summed E-state index contributed by atoms with van der Waals surface area (Å²) in [5, 5.41) is 3.53. The van der Waals surface area contributed by atoms with Crippen LogP contribution in [0.15, 0.2) is 36.9 Å². The highest BCUT2D eigenvalue weighted by molar-refractivity contribution is 5.82. The topological polar surface area (TPSA) is 55.6 Å². The average Bonchev–Trinajstić information content (AvgIpc) is 3.05. The molecule has 5 nitrogen and oxygen atoms in total. The molecule has 0 aliphatic heterocycles. The highest BCUT2D eigenvalue weighted by Gasteiger charge is 2.23. The fourth-order valence-corrected chi connectivity index (χ4v) is 2.92. The number of anilines is 1. The van der Waals surface area contributed by atoms with Gasteiger partial charge in [-0.15, -0.1) is 0 Å². The van der Waals surface area contributed by atoms with E-state index in [2.05, 4.69) is 44.5 Å². The number of benzene rings is 1. The molecule has 1 atom stereocenters. The van der Waals surface area contributed by atoms with Crippen molar-refractivity contribution in [1.82, 2.24) is 19.5 Å². The van der Waals surface area contributed by atoms with Crippen LogP contribution in [-0.2, 0) is 13.5 Å². The molecule has 1 aromatic carbocycles. The summed E-state index contributed by atoms with van der Waals surface area (Å²) in [7, 11) is 1.94. The first-order valence-corrected chi connectivity index (χ1v) is 6.79. The summed E-state index contributed by atoms with van der Waals surface area (Å²) in [6.07, 6.45) is 5.57. The molecule has 4 rings (SSSR count). The van der Waals surface area contributed by atoms with E-state index in [-0.39, 0.29) is 0 Å². The van der Waals surface area contributed by atoms with E-state index < -0.39 is 0 Å². The number of aryl methyl sites for hydroxylation is 2. The van der Waals surface area contributed by atoms with Crippen LogP contribution in [0.3, 0.4) is 0 Å². The summed E-state index contributed by atoms with van der Waals surface area (Å²) < 4.78 is 1.91. The minimum Gasteiger partial charge on any atom is -0.361 e. The van der Waals surface area contributed by atoms with E-state index in [0.717, 1.165) is 29.8 Å². The zero-order valence-corrected chi connectivity index (χ0v) is 11.2. The highest BCUT2D eigenvalue weighted by atomic mass is 15.1. The second-order valence-corrected chi connectivity index (χ2v) is 5.18. The summed E-state index contributed by atoms with van der Waals surface area (Å²) in [5.41, 5.74) is 4.49. The van der Waals surface area contributed by atoms with Gasteiger partial charge in [-0.2, -0.15) is 0 Å². The van der Waals surface area contributed by atoms with Gasteiger partial charge in [0.1, 0.15) is 11.8 Å². The molecule has 0 bridgehead atoms. The number of nitrogens with zero attached hydrogens (tertiary/aromatic N) is 4. The van der Waals surface area contributed by atoms with Crippen LogP contribution in [0, 0.1) is 0 Å². The van der Waals surface area contributed by atoms with Crippen LogP contribution in [-0.4, -0.2) is 19.5 Å². The van der Waals surface area contributed by atoms with Gasteiger partial charge in [0.2, 0.25) is 0 Å². The average molecular weight is 265 g/mol. The molecule has 1 N–H and O–H groups in total. The minimum atomic E-state index is 0.311. The molecule has 0 fully saturated rings. The lowest BCUT2D eigenvalue weighted by molar-refractivity contribution is 0.758. The van der Waals surface area contributed by atoms with E-state index in [4.69, 9.17) is 0 Å². The van der Waals surface area contributed by atoms with Crippen LogP contribution < -0.4 is 5.32 Å². The van der Waals surface area contributed by atoms with Crippen molar-refractivity contribution in [3.63, 3.8) is 0 Å². The summed E-state index contributed by atoms with van der Waals surface area (Å²) in [5.74, 6) is 0.817. The van der Waals surface area contributed by atoms with Crippen molar-refractivity contribution in [2.75, 3.05) is 5.32 Å². The third-order valence-corrected chi connectivity index (χ3v) is 3.94. The highest BCUT2D eigenvalue weighted by Crippen LogP contribution is 2.34. The molecule has 1 aliphatic rings. The van der Waals surface area contributed by atoms with E-state index in [1.54, 1.807) is 12.7 Å². The number of fused-ring (bicyclic) bond motifs is 2. The maximum atomic E-state index is 4.39. The van der Waals surface area contributed by atoms with Crippen LogP contribution in [0.25, 0.3) is 11.2 Å². The third kappa shape index (κ3) is 1.66. The standard InChI is InChI=1S/C15H15N5/c1-20-9-18-13-14(16-8-17-15(13)20)19-12-7-6-10-4-2-3-5-11(10)12/h2-5,8-9,12H,6-7H2,1H3,(H,16,17,19)/t12-/m0/s1. The molecule has 0 unspecified atom stereocenters. The molecular formula is C15H15N5. The van der Waals surface area contributed by atoms with Crippen LogP contribution in [0.4, 0.5) is 5.82 Å². The summed E-state index contributed by atoms with van der Waals surface area (Å²) in [6.45, 7) is 0. The van der Waals surface area contributed by atoms with Crippen LogP contribution in [0.5, 0.6) is 0 Å². The van der Waals surface area contributed by atoms with E-state index in [0.29, 0.717) is 6.04 Å². The Labute approximate surface area is 116 Å². The lowest BCUT2D eigenvalue weighted by Crippen LogP contribution is -2.09. The van der Waals surface area contributed by atoms with Gasteiger partial charge in [0, 0.05) is 7.05 Å². The lowest BCUT2D eigenvalue weighted by atomic mass is 10.1. The Morgan fingerprint density at radius 3 is 3.05 bits per heavy atom. The van der Waals surface area contributed by atoms with E-state index in [1.807, 2.05) is 11.6 Å². The van der Waals surface area contributed by atoms with Gasteiger partial charge < -0.3 is 9.88 Å². The fraction of sp³-hybridized carbons (Fsp3) is 0.267. The smallest absolute Gasteiger partial charge is 0.165 e. The molecular weight excluding hydrogens is 250 g/mol. The van der Waals surface area contributed by atoms with Gasteiger partial charge in [-0.05, 0) is 24.0 Å². The first kappa shape index (κ1) is 11.4. The predicted octanol–water partition coefficient (Wildman–Crippen LogP) is 2.46. The molecule has 0 spiro atoms. The SMILES string of the molecule is Cn1cnc2c(N[C@H]3CCc4ccccc43)ncnc21. The fourth-order valence-electron chi connectivity index (χ4n) is 2.92. The van der Waals surface area contributed by atoms with Crippen molar-refractivity contribution in [3.05, 3.63) is 48.0 Å². The normalized spacial score (nSPS) is 17.4. The Hall–Kier alpha value is -2.43. The van der Waals surface area contributed by atoms with Crippen molar-refractivity contribution >= 4 is 17.0 Å². The third-order valence-electron chi connectivity index (χ3n) is 3.94. The first-order valence-electron chi connectivity index (χ1n) is 6.79. The monoisotopic (exact) mass is 265 g/mol. The van der Waals surface area contributed by atoms with E-state index in [1.165, 1.54) is 11.1 Å². The summed E-state index contributed by atoms with van der Waals surface area (Å²) in [6, 6.07) is 8.90. The maximum Gasteiger partial charge on any atom is 0.165 e. The van der Waals surface area contributed by atoms with E-state index >= 15 is 0 Å². The molecule has 1 aliphatic carbocycles. The van der Waals surface area contributed by atoms with Crippen molar-refractivity contribution in [3.8, 4) is 0 Å². The maximum absolute atomic E-state index is 4.39. The Morgan fingerprint density at radius 1 is 1.20 bits per heavy atom. The Morgan fingerprint density at radius 2 is 2.10 bits per heavy atom. The number of rotatable bonds is 2. The molecule has 5 heteroatoms. The number of hydrogen-bond acceptors (Lipinski definition) is 4. The van der Waals surface area contributed by atoms with E-state index in [9.17, 15) is 0 Å². The molecule has 0 amide bonds. The van der Waals surface area contributed by atoms with Crippen LogP contribution in [0.1, 0.15) is 23.6 Å².